The summed E-state index contributed by atoms with van der Waals surface area (Å²) < 4.78 is 5.59. The number of aryl methyl sites for hydroxylation is 1. The molecule has 1 rings (SSSR count). The summed E-state index contributed by atoms with van der Waals surface area (Å²) in [6.45, 7) is 7.67. The molecule has 96 valence electrons. The third-order valence-electron chi connectivity index (χ3n) is 2.47. The molecular formula is C14H23NO2. The Kier molecular flexibility index (Phi) is 5.45. The maximum absolute atomic E-state index is 10.1. The Morgan fingerprint density at radius 2 is 2.18 bits per heavy atom. The predicted octanol–water partition coefficient (Wildman–Crippen LogP) is 2.12. The van der Waals surface area contributed by atoms with Gasteiger partial charge in [-0.1, -0.05) is 19.1 Å². The van der Waals surface area contributed by atoms with Crippen molar-refractivity contribution in [3.63, 3.8) is 0 Å². The second-order valence-corrected chi connectivity index (χ2v) is 4.78. The van der Waals surface area contributed by atoms with E-state index >= 15 is 0 Å². The van der Waals surface area contributed by atoms with Gasteiger partial charge in [0.05, 0.1) is 0 Å². The van der Waals surface area contributed by atoms with Crippen molar-refractivity contribution in [2.24, 2.45) is 0 Å². The van der Waals surface area contributed by atoms with Gasteiger partial charge >= 0.3 is 0 Å². The van der Waals surface area contributed by atoms with Crippen LogP contribution in [0.5, 0.6) is 5.75 Å². The van der Waals surface area contributed by atoms with Gasteiger partial charge in [-0.2, -0.15) is 0 Å². The van der Waals surface area contributed by atoms with Crippen molar-refractivity contribution in [3.05, 3.63) is 29.8 Å². The Balaban J connectivity index is 2.38. The fourth-order valence-corrected chi connectivity index (χ4v) is 1.53. The largest absolute Gasteiger partial charge is 0.491 e. The summed E-state index contributed by atoms with van der Waals surface area (Å²) in [5.41, 5.74) is 0.324. The van der Waals surface area contributed by atoms with E-state index in [0.717, 1.165) is 24.3 Å². The van der Waals surface area contributed by atoms with Gasteiger partial charge in [0.2, 0.25) is 0 Å². The van der Waals surface area contributed by atoms with Gasteiger partial charge in [-0.05, 0) is 44.5 Å². The first-order chi connectivity index (χ1) is 8.03. The molecule has 0 aliphatic rings. The Bertz CT molecular complexity index is 337. The number of nitrogens with one attached hydrogen (secondary N) is 1. The lowest BCUT2D eigenvalue weighted by molar-refractivity contribution is 0.0124. The maximum atomic E-state index is 10.1. The molecule has 1 unspecified atom stereocenters. The molecule has 0 radical (unpaired) electrons. The van der Waals surface area contributed by atoms with Crippen LogP contribution in [0.1, 0.15) is 25.8 Å². The van der Waals surface area contributed by atoms with Crippen molar-refractivity contribution >= 4 is 0 Å². The molecule has 0 saturated carbocycles. The second kappa shape index (κ2) is 6.62. The summed E-state index contributed by atoms with van der Waals surface area (Å²) in [6.07, 6.45) is 1.06. The van der Waals surface area contributed by atoms with E-state index in [-0.39, 0.29) is 0 Å². The molecule has 0 saturated heterocycles. The monoisotopic (exact) mass is 237 g/mol. The van der Waals surface area contributed by atoms with Crippen molar-refractivity contribution < 1.29 is 9.84 Å². The molecule has 1 aromatic carbocycles. The molecule has 0 spiro atoms. The molecule has 17 heavy (non-hydrogen) atoms. The van der Waals surface area contributed by atoms with Gasteiger partial charge in [0, 0.05) is 6.54 Å². The highest BCUT2D eigenvalue weighted by molar-refractivity contribution is 5.27. The van der Waals surface area contributed by atoms with Gasteiger partial charge in [-0.15, -0.1) is 0 Å². The molecule has 0 amide bonds. The van der Waals surface area contributed by atoms with Gasteiger partial charge in [0.1, 0.15) is 18.0 Å². The van der Waals surface area contributed by atoms with Crippen LogP contribution in [0, 0.1) is 6.92 Å². The normalized spacial score (nSPS) is 14.4. The fraction of sp³-hybridized carbons (Fsp3) is 0.571. The number of rotatable bonds is 7. The quantitative estimate of drug-likeness (QED) is 0.714. The first kappa shape index (κ1) is 14.0. The zero-order valence-electron chi connectivity index (χ0n) is 11.0. The molecule has 0 bridgehead atoms. The minimum Gasteiger partial charge on any atom is -0.491 e. The van der Waals surface area contributed by atoms with Crippen LogP contribution >= 0.6 is 0 Å². The van der Waals surface area contributed by atoms with Crippen molar-refractivity contribution in [2.75, 3.05) is 19.7 Å². The topological polar surface area (TPSA) is 41.5 Å². The molecule has 3 heteroatoms. The lowest BCUT2D eigenvalue weighted by atomic mass is 10.1. The van der Waals surface area contributed by atoms with E-state index in [4.69, 9.17) is 4.74 Å². The summed E-state index contributed by atoms with van der Waals surface area (Å²) >= 11 is 0. The van der Waals surface area contributed by atoms with E-state index in [9.17, 15) is 5.11 Å². The van der Waals surface area contributed by atoms with Gasteiger partial charge in [0.25, 0.3) is 0 Å². The zero-order chi connectivity index (χ0) is 12.7. The summed E-state index contributed by atoms with van der Waals surface area (Å²) in [4.78, 5) is 0. The third kappa shape index (κ3) is 5.71. The van der Waals surface area contributed by atoms with Crippen LogP contribution in [0.2, 0.25) is 0 Å². The maximum Gasteiger partial charge on any atom is 0.119 e. The van der Waals surface area contributed by atoms with Crippen LogP contribution in [0.3, 0.4) is 0 Å². The van der Waals surface area contributed by atoms with Crippen molar-refractivity contribution in [3.8, 4) is 5.75 Å². The van der Waals surface area contributed by atoms with Gasteiger partial charge < -0.3 is 15.2 Å². The summed E-state index contributed by atoms with van der Waals surface area (Å²) in [7, 11) is 0. The lowest BCUT2D eigenvalue weighted by Gasteiger charge is -2.24. The Morgan fingerprint density at radius 1 is 1.41 bits per heavy atom. The summed E-state index contributed by atoms with van der Waals surface area (Å²) in [5, 5.41) is 13.3. The van der Waals surface area contributed by atoms with Crippen LogP contribution in [0.4, 0.5) is 0 Å². The number of benzene rings is 1. The third-order valence-corrected chi connectivity index (χ3v) is 2.47. The highest BCUT2D eigenvalue weighted by Gasteiger charge is 2.20. The van der Waals surface area contributed by atoms with Crippen molar-refractivity contribution in [1.82, 2.24) is 5.32 Å². The molecule has 0 aliphatic carbocycles. The van der Waals surface area contributed by atoms with Crippen LogP contribution in [0.15, 0.2) is 24.3 Å². The standard InChI is InChI=1S/C14H23NO2/c1-4-8-15-10-14(3,16)11-17-13-7-5-6-12(2)9-13/h5-7,9,15-16H,4,8,10-11H2,1-3H3. The summed E-state index contributed by atoms with van der Waals surface area (Å²) in [5.74, 6) is 0.806. The number of hydrogen-bond acceptors (Lipinski definition) is 3. The zero-order valence-corrected chi connectivity index (χ0v) is 11.0. The Labute approximate surface area is 104 Å². The van der Waals surface area contributed by atoms with Gasteiger partial charge in [-0.3, -0.25) is 0 Å². The van der Waals surface area contributed by atoms with Crippen LogP contribution in [0.25, 0.3) is 0 Å². The van der Waals surface area contributed by atoms with Crippen molar-refractivity contribution in [2.45, 2.75) is 32.8 Å². The molecule has 1 atom stereocenters. The molecule has 0 heterocycles. The molecule has 0 fully saturated rings. The SMILES string of the molecule is CCCNCC(C)(O)COc1cccc(C)c1. The number of ether oxygens (including phenoxy) is 1. The van der Waals surface area contributed by atoms with E-state index in [1.165, 1.54) is 0 Å². The smallest absolute Gasteiger partial charge is 0.119 e. The first-order valence-electron chi connectivity index (χ1n) is 6.16. The van der Waals surface area contributed by atoms with E-state index in [1.807, 2.05) is 31.2 Å². The minimum atomic E-state index is -0.834. The average Bonchev–Trinajstić information content (AvgIpc) is 2.27. The van der Waals surface area contributed by atoms with E-state index < -0.39 is 5.60 Å². The molecule has 1 aromatic rings. The van der Waals surface area contributed by atoms with E-state index in [1.54, 1.807) is 6.92 Å². The van der Waals surface area contributed by atoms with Crippen molar-refractivity contribution in [1.29, 1.82) is 0 Å². The molecule has 0 aromatic heterocycles. The highest BCUT2D eigenvalue weighted by atomic mass is 16.5. The lowest BCUT2D eigenvalue weighted by Crippen LogP contribution is -2.43. The van der Waals surface area contributed by atoms with Crippen LogP contribution in [-0.2, 0) is 0 Å². The Morgan fingerprint density at radius 3 is 2.82 bits per heavy atom. The molecule has 3 nitrogen and oxygen atoms in total. The first-order valence-corrected chi connectivity index (χ1v) is 6.16. The molecule has 2 N–H and O–H groups in total. The second-order valence-electron chi connectivity index (χ2n) is 4.78. The fourth-order valence-electron chi connectivity index (χ4n) is 1.53. The number of hydrogen-bond donors (Lipinski definition) is 2. The van der Waals surface area contributed by atoms with E-state index in [0.29, 0.717) is 13.2 Å². The number of aliphatic hydroxyl groups is 1. The van der Waals surface area contributed by atoms with Gasteiger partial charge in [-0.25, -0.2) is 0 Å². The summed E-state index contributed by atoms with van der Waals surface area (Å²) in [6, 6.07) is 7.85. The molecular weight excluding hydrogens is 214 g/mol. The molecule has 0 aliphatic heterocycles. The van der Waals surface area contributed by atoms with Crippen LogP contribution < -0.4 is 10.1 Å². The van der Waals surface area contributed by atoms with Crippen LogP contribution in [-0.4, -0.2) is 30.4 Å². The predicted molar refractivity (Wildman–Crippen MR) is 70.5 cm³/mol. The highest BCUT2D eigenvalue weighted by Crippen LogP contribution is 2.14. The average molecular weight is 237 g/mol. The van der Waals surface area contributed by atoms with E-state index in [2.05, 4.69) is 12.2 Å². The van der Waals surface area contributed by atoms with Gasteiger partial charge in [0.15, 0.2) is 0 Å². The minimum absolute atomic E-state index is 0.299. The Hall–Kier alpha value is -1.06.